The van der Waals surface area contributed by atoms with Crippen molar-refractivity contribution < 1.29 is 9.59 Å². The van der Waals surface area contributed by atoms with Gasteiger partial charge in [-0.2, -0.15) is 5.10 Å². The molecule has 0 aromatic heterocycles. The van der Waals surface area contributed by atoms with E-state index in [0.29, 0.717) is 5.56 Å². The third-order valence-corrected chi connectivity index (χ3v) is 4.62. The third kappa shape index (κ3) is 5.94. The SMILES string of the molecule is CC[C@@H](C)[C@H](NC(=O)c1ccccc1)C(=O)N/N=C\c1ccc(N(C)C)cc1. The lowest BCUT2D eigenvalue weighted by atomic mass is 9.98. The van der Waals surface area contributed by atoms with Crippen molar-refractivity contribution in [3.05, 3.63) is 65.7 Å². The van der Waals surface area contributed by atoms with E-state index >= 15 is 0 Å². The van der Waals surface area contributed by atoms with Crippen molar-refractivity contribution in [2.24, 2.45) is 11.0 Å². The largest absolute Gasteiger partial charge is 0.378 e. The number of nitrogens with zero attached hydrogens (tertiary/aromatic N) is 2. The number of amides is 2. The van der Waals surface area contributed by atoms with Crippen LogP contribution in [0.25, 0.3) is 0 Å². The molecule has 0 bridgehead atoms. The van der Waals surface area contributed by atoms with Crippen LogP contribution in [0.15, 0.2) is 59.7 Å². The summed E-state index contributed by atoms with van der Waals surface area (Å²) in [5.74, 6) is -0.633. The van der Waals surface area contributed by atoms with E-state index < -0.39 is 6.04 Å². The maximum atomic E-state index is 12.6. The van der Waals surface area contributed by atoms with E-state index in [9.17, 15) is 9.59 Å². The Morgan fingerprint density at radius 2 is 1.71 bits per heavy atom. The summed E-state index contributed by atoms with van der Waals surface area (Å²) in [5.41, 5.74) is 5.03. The Morgan fingerprint density at radius 1 is 1.07 bits per heavy atom. The minimum atomic E-state index is -0.661. The number of hydrogen-bond donors (Lipinski definition) is 2. The van der Waals surface area contributed by atoms with Gasteiger partial charge in [-0.05, 0) is 35.7 Å². The standard InChI is InChI=1S/C22H28N4O2/c1-5-16(2)20(24-21(27)18-9-7-6-8-10-18)22(28)25-23-15-17-11-13-19(14-12-17)26(3)4/h6-16,20H,5H2,1-4H3,(H,24,27)(H,25,28)/b23-15-/t16-,20+/m1/s1. The average Bonchev–Trinajstić information content (AvgIpc) is 2.72. The molecular formula is C22H28N4O2. The van der Waals surface area contributed by atoms with Crippen LogP contribution in [0.4, 0.5) is 5.69 Å². The highest BCUT2D eigenvalue weighted by molar-refractivity contribution is 5.97. The number of benzene rings is 2. The Balaban J connectivity index is 2.01. The highest BCUT2D eigenvalue weighted by Gasteiger charge is 2.26. The van der Waals surface area contributed by atoms with Crippen molar-refractivity contribution in [3.63, 3.8) is 0 Å². The van der Waals surface area contributed by atoms with Crippen molar-refractivity contribution in [2.45, 2.75) is 26.3 Å². The molecule has 0 heterocycles. The van der Waals surface area contributed by atoms with Gasteiger partial charge in [-0.1, -0.05) is 50.6 Å². The fourth-order valence-corrected chi connectivity index (χ4v) is 2.61. The lowest BCUT2D eigenvalue weighted by Crippen LogP contribution is -2.49. The van der Waals surface area contributed by atoms with Crippen LogP contribution in [0.5, 0.6) is 0 Å². The van der Waals surface area contributed by atoms with Crippen LogP contribution >= 0.6 is 0 Å². The molecule has 0 aliphatic heterocycles. The van der Waals surface area contributed by atoms with Crippen LogP contribution in [0.3, 0.4) is 0 Å². The van der Waals surface area contributed by atoms with Gasteiger partial charge in [-0.25, -0.2) is 5.43 Å². The lowest BCUT2D eigenvalue weighted by molar-refractivity contribution is -0.124. The van der Waals surface area contributed by atoms with Gasteiger partial charge >= 0.3 is 0 Å². The summed E-state index contributed by atoms with van der Waals surface area (Å²) in [6, 6.07) is 16.0. The average molecular weight is 380 g/mol. The Labute approximate surface area is 166 Å². The Kier molecular flexibility index (Phi) is 7.75. The third-order valence-electron chi connectivity index (χ3n) is 4.62. The molecule has 0 saturated carbocycles. The fraction of sp³-hybridized carbons (Fsp3) is 0.318. The van der Waals surface area contributed by atoms with Gasteiger partial charge < -0.3 is 10.2 Å². The molecule has 6 nitrogen and oxygen atoms in total. The highest BCUT2D eigenvalue weighted by atomic mass is 16.2. The molecule has 0 fully saturated rings. The molecule has 28 heavy (non-hydrogen) atoms. The van der Waals surface area contributed by atoms with E-state index in [1.807, 2.05) is 63.2 Å². The van der Waals surface area contributed by atoms with Crippen molar-refractivity contribution in [1.82, 2.24) is 10.7 Å². The summed E-state index contributed by atoms with van der Waals surface area (Å²) in [6.07, 6.45) is 2.34. The molecule has 0 radical (unpaired) electrons. The van der Waals surface area contributed by atoms with Gasteiger partial charge in [-0.3, -0.25) is 9.59 Å². The predicted octanol–water partition coefficient (Wildman–Crippen LogP) is 3.05. The number of anilines is 1. The molecule has 0 saturated heterocycles. The van der Waals surface area contributed by atoms with Gasteiger partial charge in [-0.15, -0.1) is 0 Å². The zero-order valence-electron chi connectivity index (χ0n) is 16.8. The van der Waals surface area contributed by atoms with E-state index in [4.69, 9.17) is 0 Å². The number of nitrogens with one attached hydrogen (secondary N) is 2. The van der Waals surface area contributed by atoms with E-state index in [0.717, 1.165) is 17.7 Å². The minimum absolute atomic E-state index is 0.0257. The normalized spacial score (nSPS) is 13.0. The second-order valence-corrected chi connectivity index (χ2v) is 6.92. The first-order chi connectivity index (χ1) is 13.4. The number of carbonyl (C=O) groups is 2. The van der Waals surface area contributed by atoms with Gasteiger partial charge in [0.25, 0.3) is 11.8 Å². The first-order valence-electron chi connectivity index (χ1n) is 9.38. The number of rotatable bonds is 8. The molecule has 6 heteroatoms. The number of hydrogen-bond acceptors (Lipinski definition) is 4. The van der Waals surface area contributed by atoms with Crippen molar-refractivity contribution in [2.75, 3.05) is 19.0 Å². The van der Waals surface area contributed by atoms with Crippen molar-refractivity contribution in [1.29, 1.82) is 0 Å². The molecule has 0 spiro atoms. The Bertz CT molecular complexity index is 801. The monoisotopic (exact) mass is 380 g/mol. The first-order valence-corrected chi connectivity index (χ1v) is 9.38. The predicted molar refractivity (Wildman–Crippen MR) is 114 cm³/mol. The molecule has 0 aliphatic rings. The summed E-state index contributed by atoms with van der Waals surface area (Å²) in [4.78, 5) is 27.0. The van der Waals surface area contributed by atoms with Gasteiger partial charge in [0, 0.05) is 25.3 Å². The molecule has 2 atom stereocenters. The first kappa shape index (κ1) is 21.2. The second kappa shape index (κ2) is 10.3. The molecule has 2 aromatic rings. The Morgan fingerprint density at radius 3 is 2.29 bits per heavy atom. The van der Waals surface area contributed by atoms with Crippen LogP contribution in [0.2, 0.25) is 0 Å². The summed E-state index contributed by atoms with van der Waals surface area (Å²) < 4.78 is 0. The fourth-order valence-electron chi connectivity index (χ4n) is 2.61. The van der Waals surface area contributed by atoms with Crippen LogP contribution in [-0.4, -0.2) is 38.2 Å². The minimum Gasteiger partial charge on any atom is -0.378 e. The highest BCUT2D eigenvalue weighted by Crippen LogP contribution is 2.11. The van der Waals surface area contributed by atoms with Crippen LogP contribution in [-0.2, 0) is 4.79 Å². The zero-order chi connectivity index (χ0) is 20.5. The second-order valence-electron chi connectivity index (χ2n) is 6.92. The topological polar surface area (TPSA) is 73.8 Å². The van der Waals surface area contributed by atoms with Crippen LogP contribution in [0.1, 0.15) is 36.2 Å². The summed E-state index contributed by atoms with van der Waals surface area (Å²) in [7, 11) is 3.95. The quantitative estimate of drug-likeness (QED) is 0.546. The van der Waals surface area contributed by atoms with Crippen LogP contribution in [0, 0.1) is 5.92 Å². The maximum Gasteiger partial charge on any atom is 0.262 e. The molecule has 0 aliphatic carbocycles. The van der Waals surface area contributed by atoms with E-state index in [1.54, 1.807) is 30.5 Å². The Hall–Kier alpha value is -3.15. The number of hydrazone groups is 1. The molecule has 2 aromatic carbocycles. The molecule has 2 amide bonds. The lowest BCUT2D eigenvalue weighted by Gasteiger charge is -2.22. The molecule has 0 unspecified atom stereocenters. The molecular weight excluding hydrogens is 352 g/mol. The van der Waals surface area contributed by atoms with Crippen molar-refractivity contribution in [3.8, 4) is 0 Å². The van der Waals surface area contributed by atoms with E-state index in [2.05, 4.69) is 15.8 Å². The summed E-state index contributed by atoms with van der Waals surface area (Å²) in [5, 5.41) is 6.87. The molecule has 2 rings (SSSR count). The number of carbonyl (C=O) groups excluding carboxylic acids is 2. The summed E-state index contributed by atoms with van der Waals surface area (Å²) >= 11 is 0. The van der Waals surface area contributed by atoms with Gasteiger partial charge in [0.2, 0.25) is 0 Å². The van der Waals surface area contributed by atoms with Gasteiger partial charge in [0.15, 0.2) is 0 Å². The van der Waals surface area contributed by atoms with E-state index in [-0.39, 0.29) is 17.7 Å². The van der Waals surface area contributed by atoms with Crippen molar-refractivity contribution >= 4 is 23.7 Å². The van der Waals surface area contributed by atoms with Gasteiger partial charge in [0.05, 0.1) is 6.21 Å². The van der Waals surface area contributed by atoms with E-state index in [1.165, 1.54) is 0 Å². The summed E-state index contributed by atoms with van der Waals surface area (Å²) in [6.45, 7) is 3.91. The molecule has 148 valence electrons. The zero-order valence-corrected chi connectivity index (χ0v) is 16.8. The van der Waals surface area contributed by atoms with Gasteiger partial charge in [0.1, 0.15) is 6.04 Å². The molecule has 2 N–H and O–H groups in total. The smallest absolute Gasteiger partial charge is 0.262 e. The maximum absolute atomic E-state index is 12.6. The van der Waals surface area contributed by atoms with Crippen LogP contribution < -0.4 is 15.6 Å².